The first-order valence-corrected chi connectivity index (χ1v) is 8.94. The number of nitrogens with zero attached hydrogens (tertiary/aromatic N) is 2. The maximum absolute atomic E-state index is 12.6. The molecule has 3 amide bonds. The van der Waals surface area contributed by atoms with E-state index in [0.717, 1.165) is 17.7 Å². The average molecular weight is 321 g/mol. The predicted molar refractivity (Wildman–Crippen MR) is 87.5 cm³/mol. The van der Waals surface area contributed by atoms with Gasteiger partial charge in [0.25, 0.3) is 5.91 Å². The Balaban J connectivity index is 1.60. The highest BCUT2D eigenvalue weighted by molar-refractivity contribution is 7.14. The first kappa shape index (κ1) is 15.3. The van der Waals surface area contributed by atoms with Gasteiger partial charge in [0.05, 0.1) is 4.88 Å². The van der Waals surface area contributed by atoms with E-state index < -0.39 is 0 Å². The van der Waals surface area contributed by atoms with Gasteiger partial charge in [0.2, 0.25) is 0 Å². The Hall–Kier alpha value is -1.56. The zero-order chi connectivity index (χ0) is 15.5. The minimum absolute atomic E-state index is 0.0267. The number of nitrogens with one attached hydrogen (secondary N) is 1. The first-order valence-electron chi connectivity index (χ1n) is 8.12. The molecule has 5 nitrogen and oxygen atoms in total. The molecule has 2 heterocycles. The number of hydrogen-bond acceptors (Lipinski definition) is 3. The highest BCUT2D eigenvalue weighted by Crippen LogP contribution is 2.30. The fourth-order valence-corrected chi connectivity index (χ4v) is 4.35. The molecular formula is C16H23N3O2S. The van der Waals surface area contributed by atoms with Crippen LogP contribution in [0.3, 0.4) is 0 Å². The van der Waals surface area contributed by atoms with Crippen LogP contribution in [-0.4, -0.2) is 54.5 Å². The second-order valence-electron chi connectivity index (χ2n) is 5.88. The molecule has 6 heteroatoms. The van der Waals surface area contributed by atoms with Crippen molar-refractivity contribution >= 4 is 23.3 Å². The summed E-state index contributed by atoms with van der Waals surface area (Å²) in [5, 5.41) is 2.81. The molecule has 1 aromatic heterocycles. The molecule has 0 spiro atoms. The van der Waals surface area contributed by atoms with Gasteiger partial charge in [-0.2, -0.15) is 0 Å². The minimum Gasteiger partial charge on any atom is -0.338 e. The molecular weight excluding hydrogens is 298 g/mol. The molecule has 0 unspecified atom stereocenters. The molecule has 1 aliphatic heterocycles. The van der Waals surface area contributed by atoms with Crippen LogP contribution in [0.15, 0.2) is 6.07 Å². The largest absolute Gasteiger partial charge is 0.338 e. The second-order valence-corrected chi connectivity index (χ2v) is 7.02. The minimum atomic E-state index is -0.0267. The number of piperazine rings is 1. The van der Waals surface area contributed by atoms with Crippen LogP contribution in [0, 0.1) is 0 Å². The molecule has 0 atom stereocenters. The van der Waals surface area contributed by atoms with E-state index >= 15 is 0 Å². The van der Waals surface area contributed by atoms with Gasteiger partial charge in [0.1, 0.15) is 0 Å². The lowest BCUT2D eigenvalue weighted by Gasteiger charge is -2.34. The van der Waals surface area contributed by atoms with Gasteiger partial charge in [0, 0.05) is 37.6 Å². The monoisotopic (exact) mass is 321 g/mol. The van der Waals surface area contributed by atoms with E-state index in [1.54, 1.807) is 16.2 Å². The van der Waals surface area contributed by atoms with Gasteiger partial charge in [-0.25, -0.2) is 4.79 Å². The third-order valence-electron chi connectivity index (χ3n) is 4.39. The van der Waals surface area contributed by atoms with Crippen molar-refractivity contribution in [3.63, 3.8) is 0 Å². The number of carbonyl (C=O) groups excluding carboxylic acids is 2. The molecule has 0 bridgehead atoms. The number of hydrogen-bond donors (Lipinski definition) is 1. The summed E-state index contributed by atoms with van der Waals surface area (Å²) in [5.41, 5.74) is 1.38. The molecule has 22 heavy (non-hydrogen) atoms. The normalized spacial score (nSPS) is 18.0. The van der Waals surface area contributed by atoms with Crippen LogP contribution >= 0.6 is 11.3 Å². The van der Waals surface area contributed by atoms with Gasteiger partial charge >= 0.3 is 6.03 Å². The molecule has 2 aliphatic rings. The SMILES string of the molecule is CCNC(=O)N1CCN(C(=O)c2cc3c(s2)CCCC3)CC1. The summed E-state index contributed by atoms with van der Waals surface area (Å²) in [4.78, 5) is 30.4. The quantitative estimate of drug-likeness (QED) is 0.907. The Labute approximate surface area is 135 Å². The van der Waals surface area contributed by atoms with Gasteiger partial charge in [-0.15, -0.1) is 11.3 Å². The first-order chi connectivity index (χ1) is 10.7. The van der Waals surface area contributed by atoms with Crippen molar-refractivity contribution in [3.05, 3.63) is 21.4 Å². The van der Waals surface area contributed by atoms with E-state index in [2.05, 4.69) is 11.4 Å². The van der Waals surface area contributed by atoms with Gasteiger partial charge in [-0.1, -0.05) is 0 Å². The standard InChI is InChI=1S/C16H23N3O2S/c1-2-17-16(21)19-9-7-18(8-10-19)15(20)14-11-12-5-3-4-6-13(12)22-14/h11H,2-10H2,1H3,(H,17,21). The van der Waals surface area contributed by atoms with Crippen LogP contribution in [0.1, 0.15) is 39.9 Å². The number of urea groups is 1. The number of thiophene rings is 1. The van der Waals surface area contributed by atoms with Crippen molar-refractivity contribution in [3.8, 4) is 0 Å². The van der Waals surface area contributed by atoms with E-state index in [-0.39, 0.29) is 11.9 Å². The number of aryl methyl sites for hydroxylation is 2. The Kier molecular flexibility index (Phi) is 4.66. The number of amides is 3. The van der Waals surface area contributed by atoms with E-state index in [1.807, 2.05) is 11.8 Å². The molecule has 1 fully saturated rings. The summed E-state index contributed by atoms with van der Waals surface area (Å²) < 4.78 is 0. The molecule has 1 N–H and O–H groups in total. The highest BCUT2D eigenvalue weighted by atomic mass is 32.1. The van der Waals surface area contributed by atoms with Gasteiger partial charge in [-0.05, 0) is 44.2 Å². The average Bonchev–Trinajstić information content (AvgIpc) is 2.98. The summed E-state index contributed by atoms with van der Waals surface area (Å²) in [6.45, 7) is 5.03. The Bertz CT molecular complexity index is 538. The lowest BCUT2D eigenvalue weighted by atomic mass is 9.99. The molecule has 1 aliphatic carbocycles. The molecule has 1 saturated heterocycles. The van der Waals surface area contributed by atoms with Crippen LogP contribution < -0.4 is 5.32 Å². The summed E-state index contributed by atoms with van der Waals surface area (Å²) in [6, 6.07) is 2.07. The topological polar surface area (TPSA) is 52.7 Å². The van der Waals surface area contributed by atoms with Crippen molar-refractivity contribution in [1.82, 2.24) is 15.1 Å². The zero-order valence-corrected chi connectivity index (χ0v) is 13.9. The zero-order valence-electron chi connectivity index (χ0n) is 13.1. The predicted octanol–water partition coefficient (Wildman–Crippen LogP) is 2.11. The molecule has 3 rings (SSSR count). The summed E-state index contributed by atoms with van der Waals surface area (Å²) in [6.07, 6.45) is 4.72. The Morgan fingerprint density at radius 2 is 1.82 bits per heavy atom. The molecule has 0 saturated carbocycles. The molecule has 1 aromatic rings. The Morgan fingerprint density at radius 1 is 1.14 bits per heavy atom. The van der Waals surface area contributed by atoms with Crippen LogP contribution in [0.2, 0.25) is 0 Å². The van der Waals surface area contributed by atoms with Crippen LogP contribution in [0.4, 0.5) is 4.79 Å². The molecule has 120 valence electrons. The smallest absolute Gasteiger partial charge is 0.317 e. The number of rotatable bonds is 2. The third kappa shape index (κ3) is 3.11. The van der Waals surface area contributed by atoms with Crippen molar-refractivity contribution in [2.45, 2.75) is 32.6 Å². The van der Waals surface area contributed by atoms with Gasteiger partial charge < -0.3 is 15.1 Å². The summed E-state index contributed by atoms with van der Waals surface area (Å²) in [5.74, 6) is 0.134. The van der Waals surface area contributed by atoms with Crippen molar-refractivity contribution in [2.24, 2.45) is 0 Å². The number of carbonyl (C=O) groups is 2. The number of fused-ring (bicyclic) bond motifs is 1. The maximum atomic E-state index is 12.6. The molecule has 0 radical (unpaired) electrons. The second kappa shape index (κ2) is 6.69. The van der Waals surface area contributed by atoms with Crippen LogP contribution in [0.25, 0.3) is 0 Å². The lowest BCUT2D eigenvalue weighted by Crippen LogP contribution is -2.53. The van der Waals surface area contributed by atoms with E-state index in [9.17, 15) is 9.59 Å². The maximum Gasteiger partial charge on any atom is 0.317 e. The van der Waals surface area contributed by atoms with E-state index in [1.165, 1.54) is 23.3 Å². The fraction of sp³-hybridized carbons (Fsp3) is 0.625. The fourth-order valence-electron chi connectivity index (χ4n) is 3.13. The summed E-state index contributed by atoms with van der Waals surface area (Å²) >= 11 is 1.67. The Morgan fingerprint density at radius 3 is 2.50 bits per heavy atom. The highest BCUT2D eigenvalue weighted by Gasteiger charge is 2.26. The van der Waals surface area contributed by atoms with Crippen molar-refractivity contribution in [2.75, 3.05) is 32.7 Å². The molecule has 0 aromatic carbocycles. The van der Waals surface area contributed by atoms with E-state index in [0.29, 0.717) is 32.7 Å². The van der Waals surface area contributed by atoms with Crippen LogP contribution in [-0.2, 0) is 12.8 Å². The van der Waals surface area contributed by atoms with Gasteiger partial charge in [-0.3, -0.25) is 4.79 Å². The van der Waals surface area contributed by atoms with Crippen LogP contribution in [0.5, 0.6) is 0 Å². The third-order valence-corrected chi connectivity index (χ3v) is 5.61. The lowest BCUT2D eigenvalue weighted by molar-refractivity contribution is 0.0670. The van der Waals surface area contributed by atoms with Crippen molar-refractivity contribution in [1.29, 1.82) is 0 Å². The summed E-state index contributed by atoms with van der Waals surface area (Å²) in [7, 11) is 0. The van der Waals surface area contributed by atoms with Crippen molar-refractivity contribution < 1.29 is 9.59 Å². The van der Waals surface area contributed by atoms with E-state index in [4.69, 9.17) is 0 Å². The van der Waals surface area contributed by atoms with Gasteiger partial charge in [0.15, 0.2) is 0 Å².